The predicted molar refractivity (Wildman–Crippen MR) is 105 cm³/mol. The van der Waals surface area contributed by atoms with Crippen LogP contribution in [0, 0.1) is 6.92 Å². The van der Waals surface area contributed by atoms with E-state index in [1.807, 2.05) is 18.4 Å². The fourth-order valence-electron chi connectivity index (χ4n) is 2.97. The van der Waals surface area contributed by atoms with Crippen molar-refractivity contribution in [3.63, 3.8) is 0 Å². The molecule has 0 aliphatic carbocycles. The molecule has 1 aromatic rings. The molecule has 0 saturated carbocycles. The molecular weight excluding hydrogens is 318 g/mol. The zero-order valence-corrected chi connectivity index (χ0v) is 16.3. The van der Waals surface area contributed by atoms with Crippen LogP contribution in [0.1, 0.15) is 29.5 Å². The molecule has 136 valence electrons. The predicted octanol–water partition coefficient (Wildman–Crippen LogP) is 2.14. The number of nitrogens with one attached hydrogen (secondary N) is 2. The van der Waals surface area contributed by atoms with Crippen LogP contribution in [0.2, 0.25) is 0 Å². The van der Waals surface area contributed by atoms with Crippen LogP contribution in [0.25, 0.3) is 0 Å². The summed E-state index contributed by atoms with van der Waals surface area (Å²) in [6, 6.07) is 4.34. The van der Waals surface area contributed by atoms with Gasteiger partial charge in [0.25, 0.3) is 0 Å². The average Bonchev–Trinajstić information content (AvgIpc) is 3.03. The molecule has 0 unspecified atom stereocenters. The fraction of sp³-hybridized carbons (Fsp3) is 0.722. The van der Waals surface area contributed by atoms with Gasteiger partial charge in [0.15, 0.2) is 5.96 Å². The summed E-state index contributed by atoms with van der Waals surface area (Å²) in [6.45, 7) is 13.5. The van der Waals surface area contributed by atoms with Crippen LogP contribution in [0.15, 0.2) is 17.1 Å². The molecule has 2 rings (SSSR count). The number of guanidine groups is 1. The number of piperazine rings is 1. The van der Waals surface area contributed by atoms with Gasteiger partial charge in [-0.15, -0.1) is 11.3 Å². The van der Waals surface area contributed by atoms with Gasteiger partial charge in [-0.05, 0) is 45.0 Å². The van der Waals surface area contributed by atoms with Gasteiger partial charge in [-0.1, -0.05) is 6.92 Å². The molecule has 1 saturated heterocycles. The minimum absolute atomic E-state index is 0.847. The number of thiophene rings is 1. The first-order valence-corrected chi connectivity index (χ1v) is 9.97. The number of aryl methyl sites for hydroxylation is 1. The van der Waals surface area contributed by atoms with Crippen LogP contribution in [0.3, 0.4) is 0 Å². The highest BCUT2D eigenvalue weighted by molar-refractivity contribution is 7.11. The molecule has 2 N–H and O–H groups in total. The van der Waals surface area contributed by atoms with Crippen LogP contribution in [0.5, 0.6) is 0 Å². The van der Waals surface area contributed by atoms with E-state index < -0.39 is 0 Å². The third-order valence-corrected chi connectivity index (χ3v) is 5.56. The highest BCUT2D eigenvalue weighted by atomic mass is 32.1. The molecule has 0 aromatic carbocycles. The van der Waals surface area contributed by atoms with E-state index in [0.717, 1.165) is 19.0 Å². The topological polar surface area (TPSA) is 42.9 Å². The van der Waals surface area contributed by atoms with Crippen LogP contribution in [-0.4, -0.2) is 68.6 Å². The monoisotopic (exact) mass is 351 g/mol. The zero-order chi connectivity index (χ0) is 17.2. The van der Waals surface area contributed by atoms with Crippen molar-refractivity contribution in [1.82, 2.24) is 20.4 Å². The van der Waals surface area contributed by atoms with E-state index in [9.17, 15) is 0 Å². The highest BCUT2D eigenvalue weighted by Gasteiger charge is 2.14. The summed E-state index contributed by atoms with van der Waals surface area (Å²) in [4.78, 5) is 12.1. The third-order valence-electron chi connectivity index (χ3n) is 4.56. The van der Waals surface area contributed by atoms with E-state index in [1.54, 1.807) is 0 Å². The largest absolute Gasteiger partial charge is 0.356 e. The summed E-state index contributed by atoms with van der Waals surface area (Å²) in [6.07, 6.45) is 2.44. The zero-order valence-electron chi connectivity index (χ0n) is 15.5. The molecule has 1 aromatic heterocycles. The third kappa shape index (κ3) is 6.79. The number of aliphatic imine (C=N–C) groups is 1. The van der Waals surface area contributed by atoms with Gasteiger partial charge in [-0.3, -0.25) is 4.99 Å². The van der Waals surface area contributed by atoms with E-state index in [2.05, 4.69) is 51.4 Å². The molecule has 5 nitrogen and oxygen atoms in total. The smallest absolute Gasteiger partial charge is 0.191 e. The second-order valence-corrected chi connectivity index (χ2v) is 7.72. The molecule has 1 fully saturated rings. The van der Waals surface area contributed by atoms with Crippen molar-refractivity contribution in [2.24, 2.45) is 4.99 Å². The maximum atomic E-state index is 4.30. The number of unbranched alkanes of at least 4 members (excludes halogenated alkanes) is 1. The molecular formula is C18H33N5S. The van der Waals surface area contributed by atoms with Crippen molar-refractivity contribution in [3.05, 3.63) is 21.9 Å². The molecule has 0 bridgehead atoms. The molecule has 0 amide bonds. The van der Waals surface area contributed by atoms with E-state index in [-0.39, 0.29) is 0 Å². The first-order chi connectivity index (χ1) is 11.7. The average molecular weight is 352 g/mol. The van der Waals surface area contributed by atoms with Crippen molar-refractivity contribution < 1.29 is 0 Å². The molecule has 24 heavy (non-hydrogen) atoms. The van der Waals surface area contributed by atoms with Gasteiger partial charge in [0.1, 0.15) is 0 Å². The van der Waals surface area contributed by atoms with Crippen molar-refractivity contribution in [3.8, 4) is 0 Å². The lowest BCUT2D eigenvalue weighted by atomic mass is 10.2. The van der Waals surface area contributed by atoms with Gasteiger partial charge in [0, 0.05) is 49.5 Å². The molecule has 1 aliphatic heterocycles. The molecule has 1 aliphatic rings. The van der Waals surface area contributed by atoms with E-state index in [0.29, 0.717) is 0 Å². The Morgan fingerprint density at radius 1 is 1.12 bits per heavy atom. The number of hydrogen-bond acceptors (Lipinski definition) is 4. The van der Waals surface area contributed by atoms with Gasteiger partial charge in [-0.25, -0.2) is 0 Å². The standard InChI is InChI=1S/C18H33N5S/c1-4-22-11-13-23(14-12-22)10-6-5-9-20-18(19-3)21-15-17-8-7-16(2)24-17/h7-8H,4-6,9-15H2,1-3H3,(H2,19,20,21). The maximum Gasteiger partial charge on any atom is 0.191 e. The quantitative estimate of drug-likeness (QED) is 0.428. The fourth-order valence-corrected chi connectivity index (χ4v) is 3.80. The van der Waals surface area contributed by atoms with E-state index in [1.165, 1.54) is 61.9 Å². The normalized spacial score (nSPS) is 17.2. The first-order valence-electron chi connectivity index (χ1n) is 9.15. The summed E-state index contributed by atoms with van der Waals surface area (Å²) in [7, 11) is 1.84. The van der Waals surface area contributed by atoms with Crippen LogP contribution in [0.4, 0.5) is 0 Å². The Morgan fingerprint density at radius 2 is 1.88 bits per heavy atom. The molecule has 0 atom stereocenters. The lowest BCUT2D eigenvalue weighted by Crippen LogP contribution is -2.46. The molecule has 2 heterocycles. The maximum absolute atomic E-state index is 4.30. The lowest BCUT2D eigenvalue weighted by Gasteiger charge is -2.34. The summed E-state index contributed by atoms with van der Waals surface area (Å²) >= 11 is 1.84. The summed E-state index contributed by atoms with van der Waals surface area (Å²) in [5.41, 5.74) is 0. The Bertz CT molecular complexity index is 491. The van der Waals surface area contributed by atoms with Crippen LogP contribution < -0.4 is 10.6 Å². The number of likely N-dealkylation sites (N-methyl/N-ethyl adjacent to an activating group) is 1. The Balaban J connectivity index is 1.52. The number of hydrogen-bond donors (Lipinski definition) is 2. The van der Waals surface area contributed by atoms with Gasteiger partial charge >= 0.3 is 0 Å². The minimum Gasteiger partial charge on any atom is -0.356 e. The van der Waals surface area contributed by atoms with Crippen molar-refractivity contribution in [2.45, 2.75) is 33.2 Å². The highest BCUT2D eigenvalue weighted by Crippen LogP contribution is 2.14. The van der Waals surface area contributed by atoms with Gasteiger partial charge in [0.2, 0.25) is 0 Å². The van der Waals surface area contributed by atoms with Gasteiger partial charge in [0.05, 0.1) is 6.54 Å². The second kappa shape index (κ2) is 10.7. The SMILES string of the molecule is CCN1CCN(CCCCNC(=NC)NCc2ccc(C)s2)CC1. The molecule has 6 heteroatoms. The molecule has 0 radical (unpaired) electrons. The Hall–Kier alpha value is -1.11. The van der Waals surface area contributed by atoms with Crippen LogP contribution in [-0.2, 0) is 6.54 Å². The Kier molecular flexibility index (Phi) is 8.56. The van der Waals surface area contributed by atoms with Crippen molar-refractivity contribution in [1.29, 1.82) is 0 Å². The minimum atomic E-state index is 0.847. The summed E-state index contributed by atoms with van der Waals surface area (Å²) in [5.74, 6) is 0.901. The van der Waals surface area contributed by atoms with E-state index in [4.69, 9.17) is 0 Å². The van der Waals surface area contributed by atoms with Crippen LogP contribution >= 0.6 is 11.3 Å². The van der Waals surface area contributed by atoms with E-state index >= 15 is 0 Å². The first kappa shape index (κ1) is 19.2. The van der Waals surface area contributed by atoms with Gasteiger partial charge < -0.3 is 20.4 Å². The Morgan fingerprint density at radius 3 is 2.50 bits per heavy atom. The Labute approximate surface area is 151 Å². The van der Waals surface area contributed by atoms with Crippen molar-refractivity contribution in [2.75, 3.05) is 52.9 Å². The second-order valence-electron chi connectivity index (χ2n) is 6.35. The lowest BCUT2D eigenvalue weighted by molar-refractivity contribution is 0.136. The summed E-state index contributed by atoms with van der Waals surface area (Å²) < 4.78 is 0. The van der Waals surface area contributed by atoms with Crippen molar-refractivity contribution >= 4 is 17.3 Å². The number of rotatable bonds is 8. The molecule has 0 spiro atoms. The number of nitrogens with zero attached hydrogens (tertiary/aromatic N) is 3. The van der Waals surface area contributed by atoms with Gasteiger partial charge in [-0.2, -0.15) is 0 Å². The summed E-state index contributed by atoms with van der Waals surface area (Å²) in [5, 5.41) is 6.80.